The Morgan fingerprint density at radius 3 is 1.92 bits per heavy atom. The molecule has 3 atom stereocenters. The Morgan fingerprint density at radius 1 is 0.760 bits per heavy atom. The summed E-state index contributed by atoms with van der Waals surface area (Å²) in [5.74, 6) is -0.404. The molecule has 2 heterocycles. The van der Waals surface area contributed by atoms with Gasteiger partial charge in [-0.3, -0.25) is 19.5 Å². The lowest BCUT2D eigenvalue weighted by Crippen LogP contribution is -2.52. The molecule has 11 heteroatoms. The first-order valence-corrected chi connectivity index (χ1v) is 18.2. The van der Waals surface area contributed by atoms with Gasteiger partial charge in [0.25, 0.3) is 0 Å². The Balaban J connectivity index is 1.27. The zero-order valence-corrected chi connectivity index (χ0v) is 29.2. The van der Waals surface area contributed by atoms with Crippen molar-refractivity contribution >= 4 is 29.2 Å². The summed E-state index contributed by atoms with van der Waals surface area (Å²) in [6.45, 7) is 3.74. The molecule has 4 aromatic rings. The molecule has 3 amide bonds. The van der Waals surface area contributed by atoms with Gasteiger partial charge in [0.2, 0.25) is 11.8 Å². The number of hydrogen-bond acceptors (Lipinski definition) is 8. The molecule has 0 radical (unpaired) electrons. The van der Waals surface area contributed by atoms with Crippen LogP contribution in [0.5, 0.6) is 0 Å². The Labute approximate surface area is 298 Å². The number of nitrogens with zero attached hydrogens (tertiary/aromatic N) is 2. The van der Waals surface area contributed by atoms with Gasteiger partial charge in [0, 0.05) is 37.9 Å². The molecule has 3 N–H and O–H groups in total. The molecule has 1 fully saturated rings. The fourth-order valence-corrected chi connectivity index (χ4v) is 6.55. The molecule has 10 nitrogen and oxygen atoms in total. The fraction of sp³-hybridized carbons (Fsp3) is 0.385. The Morgan fingerprint density at radius 2 is 1.34 bits per heavy atom. The number of benzene rings is 3. The molecule has 0 spiro atoms. The van der Waals surface area contributed by atoms with Crippen molar-refractivity contribution in [3.8, 4) is 0 Å². The van der Waals surface area contributed by atoms with Crippen molar-refractivity contribution in [3.05, 3.63) is 124 Å². The van der Waals surface area contributed by atoms with Crippen molar-refractivity contribution in [1.82, 2.24) is 25.8 Å². The van der Waals surface area contributed by atoms with Gasteiger partial charge in [0.1, 0.15) is 12.6 Å². The van der Waals surface area contributed by atoms with Crippen molar-refractivity contribution < 1.29 is 23.9 Å². The van der Waals surface area contributed by atoms with Crippen molar-refractivity contribution in [2.75, 3.05) is 32.8 Å². The van der Waals surface area contributed by atoms with E-state index in [0.29, 0.717) is 51.9 Å². The number of aromatic nitrogens is 1. The maximum atomic E-state index is 14.1. The van der Waals surface area contributed by atoms with E-state index in [4.69, 9.17) is 9.47 Å². The zero-order chi connectivity index (χ0) is 34.8. The lowest BCUT2D eigenvalue weighted by Gasteiger charge is -2.29. The Bertz CT molecular complexity index is 1570. The van der Waals surface area contributed by atoms with Gasteiger partial charge in [-0.2, -0.15) is 0 Å². The predicted molar refractivity (Wildman–Crippen MR) is 195 cm³/mol. The first-order chi connectivity index (χ1) is 24.5. The van der Waals surface area contributed by atoms with E-state index in [1.807, 2.05) is 91.0 Å². The molecule has 1 aliphatic heterocycles. The zero-order valence-electron chi connectivity index (χ0n) is 28.4. The summed E-state index contributed by atoms with van der Waals surface area (Å²) < 4.78 is 11.0. The molecule has 50 heavy (non-hydrogen) atoms. The molecule has 5 rings (SSSR count). The van der Waals surface area contributed by atoms with E-state index >= 15 is 0 Å². The second kappa shape index (κ2) is 20.2. The highest BCUT2D eigenvalue weighted by atomic mass is 32.1. The molecule has 0 bridgehead atoms. The van der Waals surface area contributed by atoms with E-state index in [9.17, 15) is 14.4 Å². The molecule has 0 unspecified atom stereocenters. The third-order valence-electron chi connectivity index (χ3n) is 8.71. The smallest absolute Gasteiger partial charge is 0.407 e. The summed E-state index contributed by atoms with van der Waals surface area (Å²) in [7, 11) is 0. The number of alkyl carbamates (subject to hydrolysis) is 1. The number of morpholine rings is 1. The highest BCUT2D eigenvalue weighted by Crippen LogP contribution is 2.15. The molecule has 3 aromatic carbocycles. The van der Waals surface area contributed by atoms with Crippen LogP contribution in [0.2, 0.25) is 0 Å². The maximum absolute atomic E-state index is 14.1. The summed E-state index contributed by atoms with van der Waals surface area (Å²) in [6.07, 6.45) is 4.29. The monoisotopic (exact) mass is 697 g/mol. The maximum Gasteiger partial charge on any atom is 0.407 e. The second-order valence-corrected chi connectivity index (χ2v) is 13.5. The third kappa shape index (κ3) is 13.0. The summed E-state index contributed by atoms with van der Waals surface area (Å²) in [6, 6.07) is 28.4. The molecular weight excluding hydrogens is 651 g/mol. The van der Waals surface area contributed by atoms with Crippen LogP contribution >= 0.6 is 11.3 Å². The van der Waals surface area contributed by atoms with Gasteiger partial charge >= 0.3 is 6.09 Å². The van der Waals surface area contributed by atoms with Crippen LogP contribution in [0.25, 0.3) is 0 Å². The average Bonchev–Trinajstić information content (AvgIpc) is 3.67. The number of ether oxygens (including phenoxy) is 2. The van der Waals surface area contributed by atoms with Crippen molar-refractivity contribution in [3.63, 3.8) is 0 Å². The SMILES string of the molecule is O=C(Cc1ccccc1)N[C@@H](CCN1CCOCC1)C(=O)N[C@H](CC[C@H](Cc1ccccc1)NC(=O)OCc1cncs1)Cc1ccccc1. The molecular formula is C39H47N5O5S. The van der Waals surface area contributed by atoms with E-state index in [1.165, 1.54) is 11.3 Å². The van der Waals surface area contributed by atoms with Gasteiger partial charge < -0.3 is 25.4 Å². The van der Waals surface area contributed by atoms with Crippen LogP contribution in [0.4, 0.5) is 4.79 Å². The molecule has 0 aliphatic carbocycles. The van der Waals surface area contributed by atoms with Gasteiger partial charge in [0.15, 0.2) is 0 Å². The van der Waals surface area contributed by atoms with Crippen LogP contribution < -0.4 is 16.0 Å². The van der Waals surface area contributed by atoms with E-state index < -0.39 is 12.1 Å². The lowest BCUT2D eigenvalue weighted by molar-refractivity contribution is -0.129. The van der Waals surface area contributed by atoms with Crippen LogP contribution in [-0.4, -0.2) is 78.8 Å². The van der Waals surface area contributed by atoms with Crippen molar-refractivity contribution in [2.45, 2.75) is 63.3 Å². The van der Waals surface area contributed by atoms with Gasteiger partial charge in [-0.25, -0.2) is 4.79 Å². The molecule has 0 saturated carbocycles. The highest BCUT2D eigenvalue weighted by Gasteiger charge is 2.26. The molecule has 1 saturated heterocycles. The van der Waals surface area contributed by atoms with Crippen LogP contribution in [-0.2, 0) is 44.9 Å². The van der Waals surface area contributed by atoms with E-state index in [2.05, 4.69) is 25.8 Å². The summed E-state index contributed by atoms with van der Waals surface area (Å²) in [5, 5.41) is 9.40. The normalized spacial score (nSPS) is 15.0. The third-order valence-corrected chi connectivity index (χ3v) is 9.46. The van der Waals surface area contributed by atoms with Crippen molar-refractivity contribution in [2.24, 2.45) is 0 Å². The predicted octanol–water partition coefficient (Wildman–Crippen LogP) is 4.94. The number of carbonyl (C=O) groups is 3. The standard InChI is InChI=1S/C39H47N5O5S/c45-37(26-32-14-8-3-9-15-32)43-36(18-19-44-20-22-48-23-21-44)38(46)41-33(24-30-10-4-1-5-11-30)16-17-34(25-31-12-6-2-7-13-31)42-39(47)49-28-35-27-40-29-50-35/h1-15,27,29,33-34,36H,16-26,28H2,(H,41,46)(H,42,47)(H,43,45)/t33-,34-,36+/m1/s1. The summed E-state index contributed by atoms with van der Waals surface area (Å²) in [5.41, 5.74) is 4.78. The minimum absolute atomic E-state index is 0.156. The first-order valence-electron chi connectivity index (χ1n) is 17.3. The lowest BCUT2D eigenvalue weighted by atomic mass is 9.95. The van der Waals surface area contributed by atoms with Gasteiger partial charge in [-0.05, 0) is 48.8 Å². The number of rotatable bonds is 18. The quantitative estimate of drug-likeness (QED) is 0.135. The minimum atomic E-state index is -0.702. The first kappa shape index (κ1) is 36.7. The van der Waals surface area contributed by atoms with E-state index in [1.54, 1.807) is 11.7 Å². The van der Waals surface area contributed by atoms with E-state index in [-0.39, 0.29) is 36.9 Å². The molecule has 1 aromatic heterocycles. The highest BCUT2D eigenvalue weighted by molar-refractivity contribution is 7.09. The number of amides is 3. The molecule has 264 valence electrons. The summed E-state index contributed by atoms with van der Waals surface area (Å²) in [4.78, 5) is 47.3. The van der Waals surface area contributed by atoms with Gasteiger partial charge in [-0.15, -0.1) is 11.3 Å². The average molecular weight is 698 g/mol. The summed E-state index contributed by atoms with van der Waals surface area (Å²) >= 11 is 1.43. The number of carbonyl (C=O) groups excluding carboxylic acids is 3. The minimum Gasteiger partial charge on any atom is -0.444 e. The van der Waals surface area contributed by atoms with Gasteiger partial charge in [0.05, 0.1) is 30.0 Å². The van der Waals surface area contributed by atoms with Crippen LogP contribution in [0.1, 0.15) is 40.8 Å². The van der Waals surface area contributed by atoms with Crippen LogP contribution in [0.15, 0.2) is 103 Å². The number of nitrogens with one attached hydrogen (secondary N) is 3. The molecule has 1 aliphatic rings. The van der Waals surface area contributed by atoms with Crippen LogP contribution in [0.3, 0.4) is 0 Å². The fourth-order valence-electron chi connectivity index (χ4n) is 6.04. The largest absolute Gasteiger partial charge is 0.444 e. The number of hydrogen-bond donors (Lipinski definition) is 3. The van der Waals surface area contributed by atoms with Gasteiger partial charge in [-0.1, -0.05) is 91.0 Å². The van der Waals surface area contributed by atoms with E-state index in [0.717, 1.165) is 34.7 Å². The van der Waals surface area contributed by atoms with Crippen LogP contribution in [0, 0.1) is 0 Å². The second-order valence-electron chi connectivity index (χ2n) is 12.6. The Hall–Kier alpha value is -4.58. The van der Waals surface area contributed by atoms with Crippen molar-refractivity contribution in [1.29, 1.82) is 0 Å². The Kier molecular flexibility index (Phi) is 14.8. The number of thiazole rings is 1. The topological polar surface area (TPSA) is 122 Å².